The molecule has 1 aromatic rings. The first-order valence-electron chi connectivity index (χ1n) is 10.5. The molecule has 1 aliphatic rings. The van der Waals surface area contributed by atoms with Gasteiger partial charge in [0.05, 0.1) is 30.8 Å². The summed E-state index contributed by atoms with van der Waals surface area (Å²) in [5, 5.41) is 13.0. The summed E-state index contributed by atoms with van der Waals surface area (Å²) >= 11 is 0. The van der Waals surface area contributed by atoms with Gasteiger partial charge in [0.2, 0.25) is 5.91 Å². The van der Waals surface area contributed by atoms with E-state index in [4.69, 9.17) is 4.74 Å². The van der Waals surface area contributed by atoms with E-state index in [9.17, 15) is 9.90 Å². The predicted octanol–water partition coefficient (Wildman–Crippen LogP) is 4.94. The molecule has 0 bridgehead atoms. The summed E-state index contributed by atoms with van der Waals surface area (Å²) in [7, 11) is 0. The van der Waals surface area contributed by atoms with Crippen LogP contribution in [-0.2, 0) is 9.53 Å². The molecule has 4 heteroatoms. The van der Waals surface area contributed by atoms with E-state index in [0.29, 0.717) is 17.8 Å². The summed E-state index contributed by atoms with van der Waals surface area (Å²) in [5.41, 5.74) is 5.18. The molecule has 4 atom stereocenters. The van der Waals surface area contributed by atoms with Gasteiger partial charge >= 0.3 is 0 Å². The third kappa shape index (κ3) is 4.84. The molecule has 156 valence electrons. The summed E-state index contributed by atoms with van der Waals surface area (Å²) in [6.07, 6.45) is 0.348. The number of hydrogen-bond acceptors (Lipinski definition) is 3. The molecule has 0 aliphatic carbocycles. The smallest absolute Gasteiger partial charge is 0.223 e. The van der Waals surface area contributed by atoms with E-state index in [1.54, 1.807) is 0 Å². The van der Waals surface area contributed by atoms with Crippen molar-refractivity contribution < 1.29 is 14.6 Å². The van der Waals surface area contributed by atoms with Gasteiger partial charge in [0.25, 0.3) is 0 Å². The lowest BCUT2D eigenvalue weighted by molar-refractivity contribution is -0.120. The van der Waals surface area contributed by atoms with Crippen LogP contribution in [0.5, 0.6) is 0 Å². The van der Waals surface area contributed by atoms with Crippen LogP contribution >= 0.6 is 0 Å². The highest BCUT2D eigenvalue weighted by atomic mass is 16.5. The molecule has 0 aromatic heterocycles. The predicted molar refractivity (Wildman–Crippen MR) is 115 cm³/mol. The number of nitrogens with one attached hydrogen (secondary N) is 1. The fourth-order valence-electron chi connectivity index (χ4n) is 4.04. The molecular formula is C24H37NO3. The van der Waals surface area contributed by atoms with Gasteiger partial charge in [0, 0.05) is 0 Å². The van der Waals surface area contributed by atoms with Gasteiger partial charge in [-0.25, -0.2) is 0 Å². The monoisotopic (exact) mass is 387 g/mol. The Morgan fingerprint density at radius 3 is 2.04 bits per heavy atom. The first kappa shape index (κ1) is 22.6. The SMILES string of the molecule is C=C[C@@H](O)[C@H]1NC(=O)C[C@H]1OC(C)c1c(C(C)C)cc(C(C)C)cc1C(C)C. The lowest BCUT2D eigenvalue weighted by atomic mass is 9.82. The van der Waals surface area contributed by atoms with E-state index in [0.717, 1.165) is 0 Å². The molecule has 4 nitrogen and oxygen atoms in total. The molecule has 1 saturated heterocycles. The molecule has 1 heterocycles. The van der Waals surface area contributed by atoms with Crippen molar-refractivity contribution in [1.29, 1.82) is 0 Å². The van der Waals surface area contributed by atoms with Crippen LogP contribution in [0.15, 0.2) is 24.8 Å². The highest BCUT2D eigenvalue weighted by Crippen LogP contribution is 2.38. The highest BCUT2D eigenvalue weighted by molar-refractivity contribution is 5.79. The van der Waals surface area contributed by atoms with Gasteiger partial charge in [-0.05, 0) is 46.9 Å². The van der Waals surface area contributed by atoms with Gasteiger partial charge < -0.3 is 15.2 Å². The van der Waals surface area contributed by atoms with Crippen molar-refractivity contribution in [2.75, 3.05) is 0 Å². The number of carbonyl (C=O) groups excluding carboxylic acids is 1. The second kappa shape index (κ2) is 9.23. The van der Waals surface area contributed by atoms with Crippen LogP contribution in [-0.4, -0.2) is 29.3 Å². The zero-order chi connectivity index (χ0) is 21.2. The molecule has 2 rings (SSSR count). The molecule has 1 amide bonds. The average molecular weight is 388 g/mol. The number of carbonyl (C=O) groups is 1. The van der Waals surface area contributed by atoms with Crippen LogP contribution in [0.25, 0.3) is 0 Å². The summed E-state index contributed by atoms with van der Waals surface area (Å²) in [4.78, 5) is 11.9. The lowest BCUT2D eigenvalue weighted by Crippen LogP contribution is -2.42. The molecule has 0 saturated carbocycles. The van der Waals surface area contributed by atoms with Crippen LogP contribution in [0.2, 0.25) is 0 Å². The second-order valence-corrected chi connectivity index (χ2v) is 8.92. The largest absolute Gasteiger partial charge is 0.387 e. The summed E-state index contributed by atoms with van der Waals surface area (Å²) in [6.45, 7) is 19.0. The Morgan fingerprint density at radius 2 is 1.61 bits per heavy atom. The fourth-order valence-corrected chi connectivity index (χ4v) is 4.04. The Labute approximate surface area is 170 Å². The van der Waals surface area contributed by atoms with Crippen LogP contribution in [0.4, 0.5) is 0 Å². The molecule has 1 aliphatic heterocycles. The summed E-state index contributed by atoms with van der Waals surface area (Å²) in [6, 6.07) is 4.17. The van der Waals surface area contributed by atoms with Gasteiger partial charge in [0.1, 0.15) is 0 Å². The van der Waals surface area contributed by atoms with Gasteiger partial charge in [-0.1, -0.05) is 59.8 Å². The van der Waals surface area contributed by atoms with E-state index >= 15 is 0 Å². The van der Waals surface area contributed by atoms with Crippen LogP contribution in [0, 0.1) is 0 Å². The minimum absolute atomic E-state index is 0.0913. The minimum atomic E-state index is -0.818. The van der Waals surface area contributed by atoms with Crippen molar-refractivity contribution in [2.45, 2.75) is 97.0 Å². The molecule has 1 unspecified atom stereocenters. The molecule has 0 spiro atoms. The van der Waals surface area contributed by atoms with E-state index < -0.39 is 12.1 Å². The number of rotatable bonds is 8. The number of aliphatic hydroxyl groups excluding tert-OH is 1. The Hall–Kier alpha value is -1.65. The van der Waals surface area contributed by atoms with Gasteiger partial charge in [0.15, 0.2) is 0 Å². The highest BCUT2D eigenvalue weighted by Gasteiger charge is 2.38. The molecule has 2 N–H and O–H groups in total. The van der Waals surface area contributed by atoms with Crippen LogP contribution in [0.1, 0.15) is 101 Å². The van der Waals surface area contributed by atoms with Crippen LogP contribution < -0.4 is 5.32 Å². The van der Waals surface area contributed by atoms with Gasteiger partial charge in [-0.2, -0.15) is 0 Å². The molecule has 1 fully saturated rings. The Bertz CT molecular complexity index is 679. The maximum absolute atomic E-state index is 11.9. The fraction of sp³-hybridized carbons (Fsp3) is 0.625. The molecule has 1 aromatic carbocycles. The van der Waals surface area contributed by atoms with Crippen LogP contribution in [0.3, 0.4) is 0 Å². The number of benzene rings is 1. The van der Waals surface area contributed by atoms with E-state index in [1.807, 2.05) is 0 Å². The Kier molecular flexibility index (Phi) is 7.46. The van der Waals surface area contributed by atoms with Crippen molar-refractivity contribution in [2.24, 2.45) is 0 Å². The van der Waals surface area contributed by atoms with Gasteiger partial charge in [-0.15, -0.1) is 6.58 Å². The zero-order valence-electron chi connectivity index (χ0n) is 18.5. The van der Waals surface area contributed by atoms with Crippen molar-refractivity contribution in [1.82, 2.24) is 5.32 Å². The summed E-state index contributed by atoms with van der Waals surface area (Å²) in [5.74, 6) is 1.11. The van der Waals surface area contributed by atoms with Crippen molar-refractivity contribution in [3.8, 4) is 0 Å². The number of amides is 1. The maximum Gasteiger partial charge on any atom is 0.223 e. The molecular weight excluding hydrogens is 350 g/mol. The number of aliphatic hydroxyl groups is 1. The normalized spacial score (nSPS) is 22.0. The van der Waals surface area contributed by atoms with Crippen molar-refractivity contribution in [3.63, 3.8) is 0 Å². The van der Waals surface area contributed by atoms with Gasteiger partial charge in [-0.3, -0.25) is 4.79 Å². The standard InChI is InChI=1S/C24H37NO3/c1-9-20(26)24-21(12-22(27)25-24)28-16(8)23-18(14(4)5)10-17(13(2)3)11-19(23)15(6)7/h9-11,13-16,20-21,24,26H,1,12H2,2-8H3,(H,25,27)/t16?,20-,21-,24-/m1/s1. The zero-order valence-corrected chi connectivity index (χ0v) is 18.5. The third-order valence-corrected chi connectivity index (χ3v) is 5.69. The second-order valence-electron chi connectivity index (χ2n) is 8.92. The minimum Gasteiger partial charge on any atom is -0.387 e. The lowest BCUT2D eigenvalue weighted by Gasteiger charge is -2.30. The van der Waals surface area contributed by atoms with Crippen molar-refractivity contribution in [3.05, 3.63) is 47.0 Å². The maximum atomic E-state index is 11.9. The summed E-state index contributed by atoms with van der Waals surface area (Å²) < 4.78 is 6.39. The first-order valence-corrected chi connectivity index (χ1v) is 10.5. The topological polar surface area (TPSA) is 58.6 Å². The molecule has 28 heavy (non-hydrogen) atoms. The quantitative estimate of drug-likeness (QED) is 0.621. The van der Waals surface area contributed by atoms with E-state index in [2.05, 4.69) is 72.5 Å². The van der Waals surface area contributed by atoms with E-state index in [1.165, 1.54) is 28.3 Å². The average Bonchev–Trinajstić information content (AvgIpc) is 2.99. The third-order valence-electron chi connectivity index (χ3n) is 5.69. The number of ether oxygens (including phenoxy) is 1. The first-order chi connectivity index (χ1) is 13.1. The van der Waals surface area contributed by atoms with E-state index in [-0.39, 0.29) is 24.5 Å². The Morgan fingerprint density at radius 1 is 1.07 bits per heavy atom. The van der Waals surface area contributed by atoms with Crippen molar-refractivity contribution >= 4 is 5.91 Å². The Balaban J connectivity index is 2.44. The molecule has 0 radical (unpaired) electrons. The number of hydrogen-bond donors (Lipinski definition) is 2.